The first kappa shape index (κ1) is 6.49. The Labute approximate surface area is 54.2 Å². The summed E-state index contributed by atoms with van der Waals surface area (Å²) in [6, 6.07) is 0. The van der Waals surface area contributed by atoms with Crippen molar-refractivity contribution in [3.05, 3.63) is 12.7 Å². The minimum absolute atomic E-state index is 0.232. The predicted octanol–water partition coefficient (Wildman–Crippen LogP) is 0.512. The lowest BCUT2D eigenvalue weighted by molar-refractivity contribution is -0.123. The zero-order valence-electron chi connectivity index (χ0n) is 5.21. The lowest BCUT2D eigenvalue weighted by Gasteiger charge is -2.01. The van der Waals surface area contributed by atoms with Crippen molar-refractivity contribution >= 4 is 5.78 Å². The first-order valence-corrected chi connectivity index (χ1v) is 3.10. The molecule has 2 nitrogen and oxygen atoms in total. The maximum absolute atomic E-state index is 10.6. The fourth-order valence-corrected chi connectivity index (χ4v) is 0.765. The first-order valence-electron chi connectivity index (χ1n) is 3.10. The van der Waals surface area contributed by atoms with Crippen LogP contribution in [0, 0.1) is 5.92 Å². The Hall–Kier alpha value is -0.630. The van der Waals surface area contributed by atoms with Gasteiger partial charge in [0, 0.05) is 0 Å². The highest BCUT2D eigenvalue weighted by molar-refractivity contribution is 5.93. The number of aliphatic hydroxyl groups is 1. The molecule has 0 spiro atoms. The summed E-state index contributed by atoms with van der Waals surface area (Å²) >= 11 is 0. The van der Waals surface area contributed by atoms with Gasteiger partial charge in [-0.15, -0.1) is 0 Å². The Morgan fingerprint density at radius 1 is 1.78 bits per heavy atom. The van der Waals surface area contributed by atoms with Crippen LogP contribution in [0.2, 0.25) is 0 Å². The summed E-state index contributed by atoms with van der Waals surface area (Å²) in [6.07, 6.45) is 2.40. The summed E-state index contributed by atoms with van der Waals surface area (Å²) < 4.78 is 0. The van der Waals surface area contributed by atoms with Crippen molar-refractivity contribution in [1.29, 1.82) is 0 Å². The van der Waals surface area contributed by atoms with Crippen molar-refractivity contribution in [2.45, 2.75) is 18.9 Å². The fourth-order valence-electron chi connectivity index (χ4n) is 0.765. The van der Waals surface area contributed by atoms with Crippen molar-refractivity contribution in [1.82, 2.24) is 0 Å². The van der Waals surface area contributed by atoms with Gasteiger partial charge in [-0.2, -0.15) is 0 Å². The molecule has 1 N–H and O–H groups in total. The molecule has 0 aromatic heterocycles. The lowest BCUT2D eigenvalue weighted by Crippen LogP contribution is -2.19. The summed E-state index contributed by atoms with van der Waals surface area (Å²) in [6.45, 7) is 3.28. The molecular weight excluding hydrogens is 116 g/mol. The third-order valence-electron chi connectivity index (χ3n) is 1.56. The second kappa shape index (κ2) is 2.31. The van der Waals surface area contributed by atoms with Gasteiger partial charge in [-0.25, -0.2) is 0 Å². The molecule has 1 saturated carbocycles. The van der Waals surface area contributed by atoms with Crippen LogP contribution in [0.4, 0.5) is 0 Å². The minimum Gasteiger partial charge on any atom is -0.385 e. The third kappa shape index (κ3) is 1.39. The minimum atomic E-state index is -0.762. The molecule has 1 aliphatic rings. The molecule has 0 heterocycles. The molecule has 0 aromatic carbocycles. The number of ketones is 1. The molecule has 50 valence electrons. The molecule has 0 amide bonds. The van der Waals surface area contributed by atoms with Gasteiger partial charge in [0.2, 0.25) is 0 Å². The van der Waals surface area contributed by atoms with E-state index in [9.17, 15) is 4.79 Å². The van der Waals surface area contributed by atoms with Gasteiger partial charge in [0.15, 0.2) is 5.78 Å². The molecule has 1 fully saturated rings. The van der Waals surface area contributed by atoms with E-state index in [1.807, 2.05) is 0 Å². The van der Waals surface area contributed by atoms with E-state index in [-0.39, 0.29) is 11.7 Å². The van der Waals surface area contributed by atoms with Gasteiger partial charge >= 0.3 is 0 Å². The van der Waals surface area contributed by atoms with Gasteiger partial charge < -0.3 is 5.11 Å². The smallest absolute Gasteiger partial charge is 0.183 e. The van der Waals surface area contributed by atoms with E-state index in [1.54, 1.807) is 0 Å². The average molecular weight is 126 g/mol. The number of carbonyl (C=O) groups is 1. The summed E-state index contributed by atoms with van der Waals surface area (Å²) in [4.78, 5) is 10.6. The number of hydrogen-bond acceptors (Lipinski definition) is 2. The summed E-state index contributed by atoms with van der Waals surface area (Å²) in [5, 5.41) is 9.04. The lowest BCUT2D eigenvalue weighted by atomic mass is 10.1. The number of hydrogen-bond donors (Lipinski definition) is 1. The molecule has 0 saturated heterocycles. The topological polar surface area (TPSA) is 37.3 Å². The molecule has 1 aliphatic carbocycles. The van der Waals surface area contributed by atoms with Crippen molar-refractivity contribution in [3.63, 3.8) is 0 Å². The molecular formula is C7H10O2. The molecule has 1 atom stereocenters. The molecule has 2 heteroatoms. The highest BCUT2D eigenvalue weighted by Crippen LogP contribution is 2.32. The Kier molecular flexibility index (Phi) is 1.67. The number of carbonyl (C=O) groups excluding carboxylic acids is 1. The van der Waals surface area contributed by atoms with Crippen LogP contribution in [0.1, 0.15) is 12.8 Å². The molecule has 9 heavy (non-hydrogen) atoms. The van der Waals surface area contributed by atoms with Gasteiger partial charge in [0.25, 0.3) is 0 Å². The predicted molar refractivity (Wildman–Crippen MR) is 33.9 cm³/mol. The van der Waals surface area contributed by atoms with Gasteiger partial charge in [0.05, 0.1) is 0 Å². The van der Waals surface area contributed by atoms with Crippen LogP contribution in [-0.4, -0.2) is 17.0 Å². The van der Waals surface area contributed by atoms with Crippen LogP contribution in [0.3, 0.4) is 0 Å². The van der Waals surface area contributed by atoms with Gasteiger partial charge in [0.1, 0.15) is 6.10 Å². The Morgan fingerprint density at radius 2 is 2.33 bits per heavy atom. The van der Waals surface area contributed by atoms with Crippen LogP contribution in [0.5, 0.6) is 0 Å². The van der Waals surface area contributed by atoms with Crippen LogP contribution < -0.4 is 0 Å². The summed E-state index contributed by atoms with van der Waals surface area (Å²) in [7, 11) is 0. The monoisotopic (exact) mass is 126 g/mol. The van der Waals surface area contributed by atoms with Crippen LogP contribution in [-0.2, 0) is 4.79 Å². The standard InChI is InChI=1S/C7H10O2/c1-2-6(8)7(9)5-3-4-5/h2,5,7,9H,1,3-4H2. The normalized spacial score (nSPS) is 21.0. The maximum Gasteiger partial charge on any atom is 0.183 e. The van der Waals surface area contributed by atoms with E-state index in [2.05, 4.69) is 6.58 Å². The van der Waals surface area contributed by atoms with Crippen molar-refractivity contribution in [2.24, 2.45) is 5.92 Å². The van der Waals surface area contributed by atoms with E-state index >= 15 is 0 Å². The van der Waals surface area contributed by atoms with Crippen LogP contribution >= 0.6 is 0 Å². The summed E-state index contributed by atoms with van der Waals surface area (Å²) in [5.74, 6) is -0.00648. The SMILES string of the molecule is C=CC(=O)C(O)C1CC1. The van der Waals surface area contributed by atoms with Crippen molar-refractivity contribution in [2.75, 3.05) is 0 Å². The van der Waals surface area contributed by atoms with E-state index < -0.39 is 6.10 Å². The third-order valence-corrected chi connectivity index (χ3v) is 1.56. The maximum atomic E-state index is 10.6. The Morgan fingerprint density at radius 3 is 2.67 bits per heavy atom. The van der Waals surface area contributed by atoms with Crippen LogP contribution in [0.25, 0.3) is 0 Å². The molecule has 0 aromatic rings. The number of rotatable bonds is 3. The van der Waals surface area contributed by atoms with E-state index in [4.69, 9.17) is 5.11 Å². The zero-order chi connectivity index (χ0) is 6.85. The second-order valence-electron chi connectivity index (χ2n) is 2.39. The highest BCUT2D eigenvalue weighted by Gasteiger charge is 2.32. The first-order chi connectivity index (χ1) is 4.25. The fraction of sp³-hybridized carbons (Fsp3) is 0.571. The van der Waals surface area contributed by atoms with E-state index in [0.717, 1.165) is 12.8 Å². The molecule has 1 rings (SSSR count). The molecule has 0 radical (unpaired) electrons. The van der Waals surface area contributed by atoms with Crippen LogP contribution in [0.15, 0.2) is 12.7 Å². The average Bonchev–Trinajstić information content (AvgIpc) is 2.66. The van der Waals surface area contributed by atoms with Gasteiger partial charge in [-0.1, -0.05) is 6.58 Å². The Bertz CT molecular complexity index is 136. The van der Waals surface area contributed by atoms with Gasteiger partial charge in [-0.05, 0) is 24.8 Å². The summed E-state index contributed by atoms with van der Waals surface area (Å²) in [5.41, 5.74) is 0. The molecule has 0 bridgehead atoms. The van der Waals surface area contributed by atoms with Gasteiger partial charge in [-0.3, -0.25) is 4.79 Å². The quantitative estimate of drug-likeness (QED) is 0.559. The second-order valence-corrected chi connectivity index (χ2v) is 2.39. The van der Waals surface area contributed by atoms with E-state index in [1.165, 1.54) is 6.08 Å². The Balaban J connectivity index is 2.39. The largest absolute Gasteiger partial charge is 0.385 e. The van der Waals surface area contributed by atoms with Crippen molar-refractivity contribution < 1.29 is 9.90 Å². The molecule has 0 aliphatic heterocycles. The number of aliphatic hydroxyl groups excluding tert-OH is 1. The zero-order valence-corrected chi connectivity index (χ0v) is 5.21. The van der Waals surface area contributed by atoms with E-state index in [0.29, 0.717) is 0 Å². The molecule has 1 unspecified atom stereocenters. The highest BCUT2D eigenvalue weighted by atomic mass is 16.3. The van der Waals surface area contributed by atoms with Crippen molar-refractivity contribution in [3.8, 4) is 0 Å².